The Kier molecular flexibility index (Phi) is 6.50. The van der Waals surface area contributed by atoms with Crippen LogP contribution in [0.3, 0.4) is 0 Å². The highest BCUT2D eigenvalue weighted by atomic mass is 79.9. The molecule has 1 rings (SSSR count). The second-order valence-corrected chi connectivity index (χ2v) is 4.88. The lowest BCUT2D eigenvalue weighted by molar-refractivity contribution is 0.345. The third-order valence-electron chi connectivity index (χ3n) is 2.34. The number of ether oxygens (including phenoxy) is 1. The largest absolute Gasteiger partial charge is 0.493 e. The van der Waals surface area contributed by atoms with Gasteiger partial charge in [-0.2, -0.15) is 0 Å². The van der Waals surface area contributed by atoms with Crippen LogP contribution in [0.25, 0.3) is 0 Å². The van der Waals surface area contributed by atoms with Crippen LogP contribution in [0.4, 0.5) is 0 Å². The maximum Gasteiger partial charge on any atom is 0.119 e. The monoisotopic (exact) mass is 285 g/mol. The summed E-state index contributed by atoms with van der Waals surface area (Å²) in [6, 6.07) is 8.40. The van der Waals surface area contributed by atoms with Gasteiger partial charge in [-0.15, -0.1) is 0 Å². The van der Waals surface area contributed by atoms with Crippen LogP contribution < -0.4 is 4.74 Å². The van der Waals surface area contributed by atoms with Gasteiger partial charge >= 0.3 is 0 Å². The van der Waals surface area contributed by atoms with Crippen molar-refractivity contribution in [2.45, 2.75) is 12.8 Å². The molecule has 0 aliphatic rings. The summed E-state index contributed by atoms with van der Waals surface area (Å²) in [6.45, 7) is 1.86. The van der Waals surface area contributed by atoms with Crippen LogP contribution in [0.5, 0.6) is 5.75 Å². The zero-order valence-electron chi connectivity index (χ0n) is 10.1. The van der Waals surface area contributed by atoms with E-state index in [0.717, 1.165) is 30.7 Å². The van der Waals surface area contributed by atoms with Gasteiger partial charge in [-0.05, 0) is 51.2 Å². The lowest BCUT2D eigenvalue weighted by Crippen LogP contribution is -2.13. The molecule has 0 amide bonds. The van der Waals surface area contributed by atoms with Crippen molar-refractivity contribution in [1.82, 2.24) is 4.90 Å². The molecule has 1 aromatic rings. The van der Waals surface area contributed by atoms with E-state index in [1.54, 1.807) is 0 Å². The molecule has 2 nitrogen and oxygen atoms in total. The molecule has 16 heavy (non-hydrogen) atoms. The van der Waals surface area contributed by atoms with E-state index < -0.39 is 0 Å². The molecule has 0 unspecified atom stereocenters. The number of benzene rings is 1. The molecule has 0 radical (unpaired) electrons. The minimum atomic E-state index is 0.722. The second kappa shape index (κ2) is 7.69. The molecule has 0 spiro atoms. The maximum absolute atomic E-state index is 5.50. The highest BCUT2D eigenvalue weighted by Gasteiger charge is 1.96. The topological polar surface area (TPSA) is 12.5 Å². The lowest BCUT2D eigenvalue weighted by Gasteiger charge is -2.09. The van der Waals surface area contributed by atoms with E-state index >= 15 is 0 Å². The molecule has 0 atom stereocenters. The van der Waals surface area contributed by atoms with Gasteiger partial charge in [0.25, 0.3) is 0 Å². The van der Waals surface area contributed by atoms with Gasteiger partial charge < -0.3 is 9.64 Å². The Morgan fingerprint density at radius 2 is 1.88 bits per heavy atom. The summed E-state index contributed by atoms with van der Waals surface area (Å²) in [5, 5.41) is 0.873. The first-order chi connectivity index (χ1) is 7.72. The van der Waals surface area contributed by atoms with Crippen molar-refractivity contribution in [3.8, 4) is 5.75 Å². The van der Waals surface area contributed by atoms with E-state index in [1.807, 2.05) is 12.1 Å². The average molecular weight is 286 g/mol. The maximum atomic E-state index is 5.50. The van der Waals surface area contributed by atoms with Crippen molar-refractivity contribution in [1.29, 1.82) is 0 Å². The van der Waals surface area contributed by atoms with Crippen LogP contribution in [0, 0.1) is 0 Å². The van der Waals surface area contributed by atoms with Gasteiger partial charge in [0, 0.05) is 5.33 Å². The Morgan fingerprint density at radius 3 is 2.44 bits per heavy atom. The van der Waals surface area contributed by atoms with Crippen LogP contribution in [-0.4, -0.2) is 37.5 Å². The van der Waals surface area contributed by atoms with Gasteiger partial charge in [0.1, 0.15) is 5.75 Å². The van der Waals surface area contributed by atoms with E-state index in [0.29, 0.717) is 0 Å². The summed E-state index contributed by atoms with van der Waals surface area (Å²) >= 11 is 3.34. The van der Waals surface area contributed by atoms with Gasteiger partial charge in [-0.1, -0.05) is 28.1 Å². The quantitative estimate of drug-likeness (QED) is 0.715. The number of hydrogen-bond acceptors (Lipinski definition) is 2. The van der Waals surface area contributed by atoms with Crippen molar-refractivity contribution in [3.63, 3.8) is 0 Å². The Balaban J connectivity index is 2.33. The van der Waals surface area contributed by atoms with E-state index in [4.69, 9.17) is 4.74 Å². The molecule has 0 bridgehead atoms. The zero-order chi connectivity index (χ0) is 11.8. The van der Waals surface area contributed by atoms with Crippen molar-refractivity contribution >= 4 is 15.9 Å². The van der Waals surface area contributed by atoms with Crippen molar-refractivity contribution in [2.24, 2.45) is 0 Å². The Hall–Kier alpha value is -0.540. The summed E-state index contributed by atoms with van der Waals surface area (Å²) in [6.07, 6.45) is 2.34. The van der Waals surface area contributed by atoms with Crippen molar-refractivity contribution in [3.05, 3.63) is 29.8 Å². The normalized spacial score (nSPS) is 10.8. The first-order valence-electron chi connectivity index (χ1n) is 5.65. The van der Waals surface area contributed by atoms with Crippen molar-refractivity contribution in [2.75, 3.05) is 32.6 Å². The molecule has 0 saturated heterocycles. The first-order valence-corrected chi connectivity index (χ1v) is 6.77. The predicted octanol–water partition coefficient (Wildman–Crippen LogP) is 2.95. The fourth-order valence-corrected chi connectivity index (χ4v) is 1.67. The SMILES string of the molecule is CN(C)CCCc1ccc(OCCBr)cc1. The van der Waals surface area contributed by atoms with E-state index in [9.17, 15) is 0 Å². The molecular weight excluding hydrogens is 266 g/mol. The molecule has 3 heteroatoms. The van der Waals surface area contributed by atoms with Crippen LogP contribution in [0.1, 0.15) is 12.0 Å². The highest BCUT2D eigenvalue weighted by molar-refractivity contribution is 9.09. The fraction of sp³-hybridized carbons (Fsp3) is 0.538. The van der Waals surface area contributed by atoms with Crippen LogP contribution >= 0.6 is 15.9 Å². The van der Waals surface area contributed by atoms with Crippen molar-refractivity contribution < 1.29 is 4.74 Å². The molecule has 0 fully saturated rings. The summed E-state index contributed by atoms with van der Waals surface area (Å²) in [5.41, 5.74) is 1.38. The van der Waals surface area contributed by atoms with Crippen LogP contribution in [0.15, 0.2) is 24.3 Å². The summed E-state index contributed by atoms with van der Waals surface area (Å²) in [5.74, 6) is 0.954. The van der Waals surface area contributed by atoms with Gasteiger partial charge in [-0.25, -0.2) is 0 Å². The third-order valence-corrected chi connectivity index (χ3v) is 2.66. The predicted molar refractivity (Wildman–Crippen MR) is 72.6 cm³/mol. The van der Waals surface area contributed by atoms with Gasteiger partial charge in [0.15, 0.2) is 0 Å². The Labute approximate surface area is 107 Å². The molecule has 0 N–H and O–H groups in total. The number of aryl methyl sites for hydroxylation is 1. The van der Waals surface area contributed by atoms with Gasteiger partial charge in [-0.3, -0.25) is 0 Å². The molecular formula is C13H20BrNO. The second-order valence-electron chi connectivity index (χ2n) is 4.09. The summed E-state index contributed by atoms with van der Waals surface area (Å²) in [4.78, 5) is 2.22. The molecule has 0 saturated carbocycles. The highest BCUT2D eigenvalue weighted by Crippen LogP contribution is 2.13. The lowest BCUT2D eigenvalue weighted by atomic mass is 10.1. The van der Waals surface area contributed by atoms with E-state index in [2.05, 4.69) is 47.1 Å². The Morgan fingerprint density at radius 1 is 1.19 bits per heavy atom. The zero-order valence-corrected chi connectivity index (χ0v) is 11.7. The standard InChI is InChI=1S/C13H20BrNO/c1-15(2)10-3-4-12-5-7-13(8-6-12)16-11-9-14/h5-8H,3-4,9-11H2,1-2H3. The minimum absolute atomic E-state index is 0.722. The first kappa shape index (κ1) is 13.5. The van der Waals surface area contributed by atoms with Gasteiger partial charge in [0.05, 0.1) is 6.61 Å². The number of alkyl halides is 1. The fourth-order valence-electron chi connectivity index (χ4n) is 1.51. The minimum Gasteiger partial charge on any atom is -0.493 e. The number of hydrogen-bond donors (Lipinski definition) is 0. The molecule has 90 valence electrons. The van der Waals surface area contributed by atoms with E-state index in [1.165, 1.54) is 12.0 Å². The van der Waals surface area contributed by atoms with Gasteiger partial charge in [0.2, 0.25) is 0 Å². The summed E-state index contributed by atoms with van der Waals surface area (Å²) in [7, 11) is 4.22. The number of rotatable bonds is 7. The number of nitrogens with zero attached hydrogens (tertiary/aromatic N) is 1. The third kappa shape index (κ3) is 5.52. The molecule has 0 aromatic heterocycles. The van der Waals surface area contributed by atoms with Crippen LogP contribution in [0.2, 0.25) is 0 Å². The summed E-state index contributed by atoms with van der Waals surface area (Å²) < 4.78 is 5.50. The average Bonchev–Trinajstić information content (AvgIpc) is 2.27. The van der Waals surface area contributed by atoms with E-state index in [-0.39, 0.29) is 0 Å². The molecule has 0 aliphatic heterocycles. The molecule has 0 aliphatic carbocycles. The number of halogens is 1. The van der Waals surface area contributed by atoms with Crippen LogP contribution in [-0.2, 0) is 6.42 Å². The molecule has 0 heterocycles. The smallest absolute Gasteiger partial charge is 0.119 e. The molecule has 1 aromatic carbocycles. The Bertz CT molecular complexity index is 284.